The van der Waals surface area contributed by atoms with Crippen LogP contribution in [0.3, 0.4) is 0 Å². The van der Waals surface area contributed by atoms with Crippen molar-refractivity contribution in [2.45, 2.75) is 27.7 Å². The first-order valence-corrected chi connectivity index (χ1v) is 7.39. The number of carbonyl (C=O) groups is 1. The molecule has 2 N–H and O–H groups in total. The second-order valence-electron chi connectivity index (χ2n) is 5.89. The fraction of sp³-hybridized carbons (Fsp3) is 0.353. The summed E-state index contributed by atoms with van der Waals surface area (Å²) in [4.78, 5) is 20.2. The molecule has 116 valence electrons. The summed E-state index contributed by atoms with van der Waals surface area (Å²) in [5.41, 5.74) is 3.66. The van der Waals surface area contributed by atoms with Gasteiger partial charge in [0.1, 0.15) is 17.8 Å². The van der Waals surface area contributed by atoms with Gasteiger partial charge in [-0.15, -0.1) is 0 Å². The number of carbonyl (C=O) groups excluding carboxylic acids is 1. The molecule has 0 saturated carbocycles. The third kappa shape index (κ3) is 4.55. The first-order chi connectivity index (χ1) is 10.4. The number of nitrogens with zero attached hydrogens (tertiary/aromatic N) is 2. The second-order valence-corrected chi connectivity index (χ2v) is 5.89. The third-order valence-electron chi connectivity index (χ3n) is 3.06. The van der Waals surface area contributed by atoms with Gasteiger partial charge < -0.3 is 10.6 Å². The van der Waals surface area contributed by atoms with E-state index in [-0.39, 0.29) is 5.91 Å². The minimum atomic E-state index is -0.181. The first kappa shape index (κ1) is 15.9. The van der Waals surface area contributed by atoms with E-state index in [1.165, 1.54) is 17.5 Å². The van der Waals surface area contributed by atoms with Crippen LogP contribution in [0.4, 0.5) is 11.5 Å². The van der Waals surface area contributed by atoms with Crippen LogP contribution in [0.1, 0.15) is 35.5 Å². The van der Waals surface area contributed by atoms with E-state index in [0.717, 1.165) is 5.69 Å². The fourth-order valence-corrected chi connectivity index (χ4v) is 2.13. The lowest BCUT2D eigenvalue weighted by molar-refractivity contribution is 0.0944. The SMILES string of the molecule is Cc1cc(C)cc(Nc2cc(C(=O)NCC(C)C)ncn2)c1. The molecule has 5 heteroatoms. The van der Waals surface area contributed by atoms with Crippen LogP contribution in [0.2, 0.25) is 0 Å². The highest BCUT2D eigenvalue weighted by Crippen LogP contribution is 2.18. The highest BCUT2D eigenvalue weighted by atomic mass is 16.1. The molecule has 0 unspecified atom stereocenters. The van der Waals surface area contributed by atoms with E-state index in [9.17, 15) is 4.79 Å². The largest absolute Gasteiger partial charge is 0.350 e. The molecule has 0 fully saturated rings. The zero-order valence-corrected chi connectivity index (χ0v) is 13.5. The standard InChI is InChI=1S/C17H22N4O/c1-11(2)9-18-17(22)15-8-16(20-10-19-15)21-14-6-12(3)5-13(4)7-14/h5-8,10-11H,9H2,1-4H3,(H,18,22)(H,19,20,21). The van der Waals surface area contributed by atoms with Gasteiger partial charge in [-0.25, -0.2) is 9.97 Å². The summed E-state index contributed by atoms with van der Waals surface area (Å²) >= 11 is 0. The van der Waals surface area contributed by atoms with Crippen molar-refractivity contribution in [3.63, 3.8) is 0 Å². The number of anilines is 2. The summed E-state index contributed by atoms with van der Waals surface area (Å²) in [6, 6.07) is 7.84. The van der Waals surface area contributed by atoms with E-state index in [4.69, 9.17) is 0 Å². The van der Waals surface area contributed by atoms with Crippen LogP contribution in [-0.4, -0.2) is 22.4 Å². The summed E-state index contributed by atoms with van der Waals surface area (Å²) in [5.74, 6) is 0.827. The van der Waals surface area contributed by atoms with Crippen LogP contribution in [-0.2, 0) is 0 Å². The van der Waals surface area contributed by atoms with Gasteiger partial charge in [0.05, 0.1) is 0 Å². The molecule has 0 saturated heterocycles. The minimum Gasteiger partial charge on any atom is -0.350 e. The Morgan fingerprint density at radius 2 is 1.77 bits per heavy atom. The Labute approximate surface area is 131 Å². The van der Waals surface area contributed by atoms with Crippen molar-refractivity contribution in [1.29, 1.82) is 0 Å². The van der Waals surface area contributed by atoms with Crippen LogP contribution in [0, 0.1) is 19.8 Å². The van der Waals surface area contributed by atoms with Crippen molar-refractivity contribution >= 4 is 17.4 Å². The van der Waals surface area contributed by atoms with Crippen molar-refractivity contribution in [2.24, 2.45) is 5.92 Å². The molecule has 22 heavy (non-hydrogen) atoms. The molecule has 0 atom stereocenters. The maximum absolute atomic E-state index is 12.0. The van der Waals surface area contributed by atoms with Gasteiger partial charge in [0.25, 0.3) is 5.91 Å². The molecule has 1 amide bonds. The van der Waals surface area contributed by atoms with Gasteiger partial charge in [-0.2, -0.15) is 0 Å². The number of aryl methyl sites for hydroxylation is 2. The number of benzene rings is 1. The molecule has 2 aromatic rings. The van der Waals surface area contributed by atoms with E-state index in [1.807, 2.05) is 39.8 Å². The molecule has 0 spiro atoms. The Morgan fingerprint density at radius 1 is 1.09 bits per heavy atom. The summed E-state index contributed by atoms with van der Waals surface area (Å²) in [7, 11) is 0. The molecule has 0 radical (unpaired) electrons. The van der Waals surface area contributed by atoms with Crippen molar-refractivity contribution in [3.05, 3.63) is 47.4 Å². The van der Waals surface area contributed by atoms with Gasteiger partial charge >= 0.3 is 0 Å². The van der Waals surface area contributed by atoms with Crippen LogP contribution >= 0.6 is 0 Å². The molecule has 0 aliphatic carbocycles. The van der Waals surface area contributed by atoms with Gasteiger partial charge in [0.15, 0.2) is 0 Å². The molecule has 0 aliphatic rings. The predicted molar refractivity (Wildman–Crippen MR) is 88.4 cm³/mol. The normalized spacial score (nSPS) is 10.6. The monoisotopic (exact) mass is 298 g/mol. The molecular weight excluding hydrogens is 276 g/mol. The Bertz CT molecular complexity index is 647. The number of hydrogen-bond acceptors (Lipinski definition) is 4. The molecule has 1 heterocycles. The maximum Gasteiger partial charge on any atom is 0.270 e. The zero-order valence-electron chi connectivity index (χ0n) is 13.5. The molecule has 5 nitrogen and oxygen atoms in total. The van der Waals surface area contributed by atoms with Gasteiger partial charge in [-0.3, -0.25) is 4.79 Å². The lowest BCUT2D eigenvalue weighted by Crippen LogP contribution is -2.28. The van der Waals surface area contributed by atoms with Crippen molar-refractivity contribution < 1.29 is 4.79 Å². The van der Waals surface area contributed by atoms with E-state index in [2.05, 4.69) is 26.7 Å². The number of rotatable bonds is 5. The number of amides is 1. The quantitative estimate of drug-likeness (QED) is 0.889. The summed E-state index contributed by atoms with van der Waals surface area (Å²) in [6.45, 7) is 8.81. The summed E-state index contributed by atoms with van der Waals surface area (Å²) in [6.07, 6.45) is 1.40. The van der Waals surface area contributed by atoms with Crippen molar-refractivity contribution in [1.82, 2.24) is 15.3 Å². The molecule has 1 aromatic heterocycles. The molecule has 0 bridgehead atoms. The number of hydrogen-bond donors (Lipinski definition) is 2. The van der Waals surface area contributed by atoms with Crippen molar-refractivity contribution in [2.75, 3.05) is 11.9 Å². The maximum atomic E-state index is 12.0. The topological polar surface area (TPSA) is 66.9 Å². The average molecular weight is 298 g/mol. The summed E-state index contributed by atoms with van der Waals surface area (Å²) < 4.78 is 0. The van der Waals surface area contributed by atoms with Gasteiger partial charge in [0.2, 0.25) is 0 Å². The van der Waals surface area contributed by atoms with Gasteiger partial charge in [-0.1, -0.05) is 19.9 Å². The first-order valence-electron chi connectivity index (χ1n) is 7.39. The highest BCUT2D eigenvalue weighted by molar-refractivity contribution is 5.92. The summed E-state index contributed by atoms with van der Waals surface area (Å²) in [5, 5.41) is 6.07. The highest BCUT2D eigenvalue weighted by Gasteiger charge is 2.09. The second kappa shape index (κ2) is 7.02. The minimum absolute atomic E-state index is 0.181. The molecule has 1 aromatic carbocycles. The molecule has 0 aliphatic heterocycles. The Balaban J connectivity index is 2.12. The van der Waals surface area contributed by atoms with Gasteiger partial charge in [0, 0.05) is 18.3 Å². The number of nitrogens with one attached hydrogen (secondary N) is 2. The lowest BCUT2D eigenvalue weighted by atomic mass is 10.1. The molecular formula is C17H22N4O. The van der Waals surface area contributed by atoms with Crippen LogP contribution in [0.5, 0.6) is 0 Å². The Morgan fingerprint density at radius 3 is 2.41 bits per heavy atom. The third-order valence-corrected chi connectivity index (χ3v) is 3.06. The lowest BCUT2D eigenvalue weighted by Gasteiger charge is -2.10. The molecule has 2 rings (SSSR count). The Hall–Kier alpha value is -2.43. The van der Waals surface area contributed by atoms with Gasteiger partial charge in [-0.05, 0) is 43.0 Å². The smallest absolute Gasteiger partial charge is 0.270 e. The van der Waals surface area contributed by atoms with E-state index in [1.54, 1.807) is 6.07 Å². The van der Waals surface area contributed by atoms with Crippen LogP contribution in [0.15, 0.2) is 30.6 Å². The van der Waals surface area contributed by atoms with E-state index >= 15 is 0 Å². The number of aromatic nitrogens is 2. The zero-order chi connectivity index (χ0) is 16.1. The Kier molecular flexibility index (Phi) is 5.09. The van der Waals surface area contributed by atoms with Crippen LogP contribution < -0.4 is 10.6 Å². The van der Waals surface area contributed by atoms with E-state index in [0.29, 0.717) is 24.0 Å². The van der Waals surface area contributed by atoms with Crippen molar-refractivity contribution in [3.8, 4) is 0 Å². The van der Waals surface area contributed by atoms with Crippen LogP contribution in [0.25, 0.3) is 0 Å². The average Bonchev–Trinajstić information content (AvgIpc) is 2.44. The van der Waals surface area contributed by atoms with E-state index < -0.39 is 0 Å². The predicted octanol–water partition coefficient (Wildman–Crippen LogP) is 3.22. The fourth-order valence-electron chi connectivity index (χ4n) is 2.13.